The molecule has 0 saturated carbocycles. The molecule has 2 atom stereocenters. The highest BCUT2D eigenvalue weighted by atomic mass is 31.2. The molecule has 0 aliphatic carbocycles. The Hall–Kier alpha value is -3.13. The molecule has 0 spiro atoms. The number of anilines is 1. The van der Waals surface area contributed by atoms with E-state index in [1.807, 2.05) is 0 Å². The molecule has 16 heteroatoms. The Labute approximate surface area is 320 Å². The third kappa shape index (κ3) is 21.7. The molecule has 1 aromatic carbocycles. The molecule has 2 rings (SSSR count). The molecule has 1 heterocycles. The Morgan fingerprint density at radius 1 is 0.778 bits per heavy atom. The number of hydrogen-bond acceptors (Lipinski definition) is 13. The van der Waals surface area contributed by atoms with Crippen LogP contribution in [0.3, 0.4) is 0 Å². The van der Waals surface area contributed by atoms with Crippen molar-refractivity contribution in [1.29, 1.82) is 0 Å². The number of carbonyl (C=O) groups excluding carboxylic acids is 2. The van der Waals surface area contributed by atoms with Crippen LogP contribution in [-0.4, -0.2) is 58.1 Å². The minimum Gasteiger partial charge on any atom is -0.459 e. The van der Waals surface area contributed by atoms with Crippen molar-refractivity contribution in [3.05, 3.63) is 22.2 Å². The van der Waals surface area contributed by atoms with Gasteiger partial charge in [-0.2, -0.15) is 0 Å². The van der Waals surface area contributed by atoms with E-state index in [1.165, 1.54) is 102 Å². The van der Waals surface area contributed by atoms with Gasteiger partial charge in [-0.15, -0.1) is 0 Å². The lowest BCUT2D eigenvalue weighted by Crippen LogP contribution is -2.27. The van der Waals surface area contributed by atoms with Crippen LogP contribution in [0.5, 0.6) is 0 Å². The number of aromatic nitrogens is 2. The number of nitro benzene ring substituents is 1. The molecule has 0 fully saturated rings. The fraction of sp³-hybridized carbons (Fsp3) is 0.789. The van der Waals surface area contributed by atoms with Crippen molar-refractivity contribution in [3.8, 4) is 0 Å². The summed E-state index contributed by atoms with van der Waals surface area (Å²) >= 11 is 0. The highest BCUT2D eigenvalue weighted by Crippen LogP contribution is 2.44. The average molecular weight is 785 g/mol. The van der Waals surface area contributed by atoms with Crippen molar-refractivity contribution in [2.45, 2.75) is 174 Å². The maximum absolute atomic E-state index is 12.8. The molecule has 0 aliphatic rings. The van der Waals surface area contributed by atoms with E-state index in [0.29, 0.717) is 18.5 Å². The standard InChI is InChI=1S/C38H65N4O11P/c1-3-5-7-9-11-13-15-17-19-21-23-25-34(43)49-31-36(51-35(44)26-24-22-20-18-16-14-12-10-8-6-4-2)52-54(47,48)50-30-29-39-32-27-28-33(42(45)46)38-37(32)40-53-41-38/h27-28,36,39H,3-26,29-31H2,1-2H3,(H,47,48). The van der Waals surface area contributed by atoms with E-state index in [4.69, 9.17) is 18.5 Å². The quantitative estimate of drug-likeness (QED) is 0.0167. The average Bonchev–Trinajstić information content (AvgIpc) is 3.64. The van der Waals surface area contributed by atoms with Crippen LogP contribution in [-0.2, 0) is 32.7 Å². The number of rotatable bonds is 35. The van der Waals surface area contributed by atoms with Crippen LogP contribution in [0.15, 0.2) is 16.8 Å². The second-order valence-corrected chi connectivity index (χ2v) is 15.3. The third-order valence-electron chi connectivity index (χ3n) is 9.13. The second-order valence-electron chi connectivity index (χ2n) is 13.9. The number of ether oxygens (including phenoxy) is 2. The minimum absolute atomic E-state index is 0.0368. The fourth-order valence-corrected chi connectivity index (χ4v) is 6.84. The summed E-state index contributed by atoms with van der Waals surface area (Å²) in [6.45, 7) is 3.48. The van der Waals surface area contributed by atoms with E-state index in [9.17, 15) is 29.2 Å². The number of unbranched alkanes of at least 4 members (excludes halogenated alkanes) is 20. The largest absolute Gasteiger partial charge is 0.475 e. The SMILES string of the molecule is CCCCCCCCCCCCCC(=O)OCC(OC(=O)CCCCCCCCCCCCC)OP(=O)(O)OCCNc1ccc([N+](=O)[O-])c2nonc12. The topological polar surface area (TPSA) is 202 Å². The lowest BCUT2D eigenvalue weighted by molar-refractivity contribution is -0.383. The van der Waals surface area contributed by atoms with Crippen molar-refractivity contribution in [1.82, 2.24) is 10.3 Å². The molecule has 2 aromatic rings. The molecule has 0 saturated heterocycles. The van der Waals surface area contributed by atoms with Crippen molar-refractivity contribution < 1.29 is 47.1 Å². The number of hydrogen-bond donors (Lipinski definition) is 2. The molecule has 2 N–H and O–H groups in total. The number of non-ortho nitro benzene ring substituents is 1. The number of nitrogens with zero attached hydrogens (tertiary/aromatic N) is 3. The van der Waals surface area contributed by atoms with Gasteiger partial charge in [0.2, 0.25) is 11.8 Å². The van der Waals surface area contributed by atoms with Gasteiger partial charge in [0.25, 0.3) is 0 Å². The van der Waals surface area contributed by atoms with Crippen molar-refractivity contribution in [3.63, 3.8) is 0 Å². The normalized spacial score (nSPS) is 13.1. The molecular formula is C38H65N4O11P. The van der Waals surface area contributed by atoms with Crippen LogP contribution in [0, 0.1) is 10.1 Å². The number of carbonyl (C=O) groups is 2. The Bertz CT molecular complexity index is 1380. The zero-order valence-corrected chi connectivity index (χ0v) is 33.5. The monoisotopic (exact) mass is 784 g/mol. The predicted octanol–water partition coefficient (Wildman–Crippen LogP) is 10.5. The molecule has 15 nitrogen and oxygen atoms in total. The van der Waals surface area contributed by atoms with E-state index in [-0.39, 0.29) is 42.7 Å². The minimum atomic E-state index is -4.79. The Morgan fingerprint density at radius 3 is 1.78 bits per heavy atom. The summed E-state index contributed by atoms with van der Waals surface area (Å²) in [5.74, 6) is -1.15. The van der Waals surface area contributed by atoms with Crippen molar-refractivity contribution >= 4 is 42.2 Å². The summed E-state index contributed by atoms with van der Waals surface area (Å²) in [6.07, 6.45) is 23.5. The summed E-state index contributed by atoms with van der Waals surface area (Å²) < 4.78 is 38.3. The number of phosphoric acid groups is 1. The predicted molar refractivity (Wildman–Crippen MR) is 207 cm³/mol. The third-order valence-corrected chi connectivity index (χ3v) is 10.1. The van der Waals surface area contributed by atoms with Crippen LogP contribution < -0.4 is 5.32 Å². The van der Waals surface area contributed by atoms with Gasteiger partial charge in [0.05, 0.1) is 17.2 Å². The molecule has 54 heavy (non-hydrogen) atoms. The van der Waals surface area contributed by atoms with Crippen LogP contribution in [0.1, 0.15) is 168 Å². The van der Waals surface area contributed by atoms with Gasteiger partial charge in [0.1, 0.15) is 0 Å². The number of nitrogens with one attached hydrogen (secondary N) is 1. The Kier molecular flexibility index (Phi) is 25.4. The number of fused-ring (bicyclic) bond motifs is 1. The zero-order chi connectivity index (χ0) is 39.3. The van der Waals surface area contributed by atoms with Gasteiger partial charge in [0, 0.05) is 25.5 Å². The summed E-state index contributed by atoms with van der Waals surface area (Å²) in [7, 11) is -4.79. The fourth-order valence-electron chi connectivity index (χ4n) is 6.06. The Balaban J connectivity index is 1.78. The maximum atomic E-state index is 12.8. The highest BCUT2D eigenvalue weighted by Gasteiger charge is 2.30. The molecule has 308 valence electrons. The van der Waals surface area contributed by atoms with Gasteiger partial charge < -0.3 is 19.7 Å². The molecule has 1 aromatic heterocycles. The van der Waals surface area contributed by atoms with Gasteiger partial charge in [-0.25, -0.2) is 13.7 Å². The first kappa shape index (κ1) is 47.0. The zero-order valence-electron chi connectivity index (χ0n) is 32.6. The van der Waals surface area contributed by atoms with Gasteiger partial charge in [-0.1, -0.05) is 142 Å². The van der Waals surface area contributed by atoms with Crippen molar-refractivity contribution in [2.24, 2.45) is 0 Å². The Morgan fingerprint density at radius 2 is 1.26 bits per heavy atom. The molecular weight excluding hydrogens is 719 g/mol. The van der Waals surface area contributed by atoms with Crippen LogP contribution in [0.25, 0.3) is 11.0 Å². The first-order chi connectivity index (χ1) is 26.2. The van der Waals surface area contributed by atoms with Crippen LogP contribution >= 0.6 is 7.82 Å². The van der Waals surface area contributed by atoms with E-state index in [1.54, 1.807) is 0 Å². The van der Waals surface area contributed by atoms with Gasteiger partial charge in [0.15, 0.2) is 12.1 Å². The summed E-state index contributed by atoms with van der Waals surface area (Å²) in [5.41, 5.74) is 0.0864. The van der Waals surface area contributed by atoms with Crippen molar-refractivity contribution in [2.75, 3.05) is 25.1 Å². The number of phosphoric ester groups is 1. The van der Waals surface area contributed by atoms with Gasteiger partial charge in [-0.3, -0.25) is 24.2 Å². The van der Waals surface area contributed by atoms with E-state index in [0.717, 1.165) is 38.5 Å². The lowest BCUT2D eigenvalue weighted by Gasteiger charge is -2.21. The number of nitro groups is 1. The van der Waals surface area contributed by atoms with Crippen LogP contribution in [0.2, 0.25) is 0 Å². The summed E-state index contributed by atoms with van der Waals surface area (Å²) in [5, 5.41) is 21.4. The van der Waals surface area contributed by atoms with E-state index in [2.05, 4.69) is 34.1 Å². The molecule has 0 aliphatic heterocycles. The van der Waals surface area contributed by atoms with E-state index >= 15 is 0 Å². The number of esters is 2. The maximum Gasteiger partial charge on any atom is 0.475 e. The van der Waals surface area contributed by atoms with Crippen LogP contribution in [0.4, 0.5) is 11.4 Å². The van der Waals surface area contributed by atoms with E-state index < -0.39 is 37.6 Å². The van der Waals surface area contributed by atoms with Gasteiger partial charge in [-0.05, 0) is 29.2 Å². The molecule has 0 radical (unpaired) electrons. The highest BCUT2D eigenvalue weighted by molar-refractivity contribution is 7.47. The second kappa shape index (κ2) is 29.2. The van der Waals surface area contributed by atoms with Gasteiger partial charge >= 0.3 is 25.4 Å². The molecule has 2 unspecified atom stereocenters. The molecule has 0 amide bonds. The first-order valence-electron chi connectivity index (χ1n) is 20.3. The first-order valence-corrected chi connectivity index (χ1v) is 21.8. The lowest BCUT2D eigenvalue weighted by atomic mass is 10.1. The molecule has 0 bridgehead atoms. The smallest absolute Gasteiger partial charge is 0.459 e. The number of benzene rings is 1. The summed E-state index contributed by atoms with van der Waals surface area (Å²) in [4.78, 5) is 46.2. The summed E-state index contributed by atoms with van der Waals surface area (Å²) in [6, 6.07) is 2.62.